The molecule has 0 spiro atoms. The Balaban J connectivity index is 1.61. The second-order valence-electron chi connectivity index (χ2n) is 5.46. The van der Waals surface area contributed by atoms with Crippen molar-refractivity contribution < 1.29 is 12.9 Å². The molecule has 0 saturated carbocycles. The quantitative estimate of drug-likeness (QED) is 0.881. The van der Waals surface area contributed by atoms with Crippen molar-refractivity contribution in [2.45, 2.75) is 25.4 Å². The minimum Gasteiger partial charge on any atom is -0.333 e. The highest BCUT2D eigenvalue weighted by Crippen LogP contribution is 2.23. The molecule has 0 aliphatic carbocycles. The van der Waals surface area contributed by atoms with Crippen LogP contribution in [-0.2, 0) is 16.6 Å². The lowest BCUT2D eigenvalue weighted by Gasteiger charge is -2.31. The van der Waals surface area contributed by atoms with Gasteiger partial charge in [0.1, 0.15) is 0 Å². The molecule has 0 bridgehead atoms. The number of thiophene rings is 1. The Morgan fingerprint density at radius 2 is 2.41 bits per heavy atom. The minimum atomic E-state index is -3.17. The summed E-state index contributed by atoms with van der Waals surface area (Å²) in [5, 5.41) is 5.97. The van der Waals surface area contributed by atoms with Crippen LogP contribution in [0.2, 0.25) is 0 Å². The summed E-state index contributed by atoms with van der Waals surface area (Å²) in [6.07, 6.45) is 3.00. The summed E-state index contributed by atoms with van der Waals surface area (Å²) in [5.74, 6) is 1.16. The molecule has 0 amide bonds. The van der Waals surface area contributed by atoms with Gasteiger partial charge in [0.05, 0.1) is 17.7 Å². The number of nitrogens with one attached hydrogen (secondary N) is 1. The number of sulfonamides is 1. The summed E-state index contributed by atoms with van der Waals surface area (Å²) < 4.78 is 30.6. The van der Waals surface area contributed by atoms with Crippen LogP contribution in [-0.4, -0.2) is 48.8 Å². The molecular formula is C13H18N4O3S2. The van der Waals surface area contributed by atoms with E-state index < -0.39 is 10.0 Å². The lowest BCUT2D eigenvalue weighted by Crippen LogP contribution is -2.47. The Bertz CT molecular complexity index is 711. The molecule has 1 aliphatic rings. The predicted molar refractivity (Wildman–Crippen MR) is 83.9 cm³/mol. The molecule has 3 rings (SSSR count). The van der Waals surface area contributed by atoms with Crippen LogP contribution >= 0.6 is 11.3 Å². The van der Waals surface area contributed by atoms with E-state index in [1.54, 1.807) is 11.3 Å². The monoisotopic (exact) mass is 342 g/mol. The third kappa shape index (κ3) is 4.13. The van der Waals surface area contributed by atoms with Crippen LogP contribution in [0.25, 0.3) is 10.8 Å². The molecule has 1 atom stereocenters. The van der Waals surface area contributed by atoms with E-state index in [1.165, 1.54) is 6.26 Å². The van der Waals surface area contributed by atoms with E-state index in [2.05, 4.69) is 19.8 Å². The molecule has 9 heteroatoms. The molecule has 1 unspecified atom stereocenters. The number of rotatable bonds is 5. The standard InChI is InChI=1S/C13H18N4O3S2/c1-22(18,19)16-10-4-2-6-17(8-10)9-12-14-13(20-15-12)11-5-3-7-21-11/h3,5,7,10,16H,2,4,6,8-9H2,1H3. The fourth-order valence-electron chi connectivity index (χ4n) is 2.62. The maximum atomic E-state index is 11.3. The van der Waals surface area contributed by atoms with Crippen molar-refractivity contribution >= 4 is 21.4 Å². The first-order valence-corrected chi connectivity index (χ1v) is 9.83. The summed E-state index contributed by atoms with van der Waals surface area (Å²) in [6.45, 7) is 2.14. The van der Waals surface area contributed by atoms with Crippen LogP contribution in [0.3, 0.4) is 0 Å². The van der Waals surface area contributed by atoms with E-state index in [4.69, 9.17) is 4.52 Å². The van der Waals surface area contributed by atoms with Crippen LogP contribution in [0.1, 0.15) is 18.7 Å². The second kappa shape index (κ2) is 6.45. The highest BCUT2D eigenvalue weighted by atomic mass is 32.2. The van der Waals surface area contributed by atoms with Gasteiger partial charge in [-0.3, -0.25) is 4.90 Å². The van der Waals surface area contributed by atoms with E-state index in [1.807, 2.05) is 17.5 Å². The average molecular weight is 342 g/mol. The molecule has 7 nitrogen and oxygen atoms in total. The summed E-state index contributed by atoms with van der Waals surface area (Å²) >= 11 is 1.56. The van der Waals surface area contributed by atoms with E-state index in [9.17, 15) is 8.42 Å². The highest BCUT2D eigenvalue weighted by Gasteiger charge is 2.23. The molecule has 1 N–H and O–H groups in total. The topological polar surface area (TPSA) is 88.3 Å². The SMILES string of the molecule is CS(=O)(=O)NC1CCCN(Cc2noc(-c3cccs3)n2)C1. The van der Waals surface area contributed by atoms with Crippen molar-refractivity contribution in [2.75, 3.05) is 19.3 Å². The van der Waals surface area contributed by atoms with Crippen molar-refractivity contribution in [2.24, 2.45) is 0 Å². The number of nitrogens with zero attached hydrogens (tertiary/aromatic N) is 3. The number of likely N-dealkylation sites (tertiary alicyclic amines) is 1. The molecule has 1 aliphatic heterocycles. The van der Waals surface area contributed by atoms with Gasteiger partial charge in [0.25, 0.3) is 5.89 Å². The molecule has 2 aromatic rings. The van der Waals surface area contributed by atoms with Crippen molar-refractivity contribution in [1.82, 2.24) is 19.8 Å². The maximum Gasteiger partial charge on any atom is 0.268 e. The van der Waals surface area contributed by atoms with Gasteiger partial charge in [0.15, 0.2) is 5.82 Å². The highest BCUT2D eigenvalue weighted by molar-refractivity contribution is 7.88. The fraction of sp³-hybridized carbons (Fsp3) is 0.538. The third-order valence-electron chi connectivity index (χ3n) is 3.45. The Morgan fingerprint density at radius 1 is 1.55 bits per heavy atom. The summed E-state index contributed by atoms with van der Waals surface area (Å²) in [7, 11) is -3.17. The maximum absolute atomic E-state index is 11.3. The Labute approximate surface area is 133 Å². The first-order valence-electron chi connectivity index (χ1n) is 7.06. The summed E-state index contributed by atoms with van der Waals surface area (Å²) in [5.41, 5.74) is 0. The molecule has 1 fully saturated rings. The van der Waals surface area contributed by atoms with Gasteiger partial charge in [-0.25, -0.2) is 13.1 Å². The zero-order valence-corrected chi connectivity index (χ0v) is 13.9. The summed E-state index contributed by atoms with van der Waals surface area (Å²) in [6, 6.07) is 3.83. The van der Waals surface area contributed by atoms with Crippen molar-refractivity contribution in [3.05, 3.63) is 23.3 Å². The minimum absolute atomic E-state index is 0.0487. The van der Waals surface area contributed by atoms with E-state index in [0.717, 1.165) is 24.3 Å². The van der Waals surface area contributed by atoms with Gasteiger partial charge in [-0.1, -0.05) is 11.2 Å². The van der Waals surface area contributed by atoms with E-state index in [0.29, 0.717) is 24.8 Å². The predicted octanol–water partition coefficient (Wildman–Crippen LogP) is 1.31. The molecule has 22 heavy (non-hydrogen) atoms. The lowest BCUT2D eigenvalue weighted by molar-refractivity contribution is 0.188. The van der Waals surface area contributed by atoms with Crippen LogP contribution in [0.5, 0.6) is 0 Å². The Morgan fingerprint density at radius 3 is 3.14 bits per heavy atom. The van der Waals surface area contributed by atoms with E-state index in [-0.39, 0.29) is 6.04 Å². The normalized spacial score (nSPS) is 20.3. The Kier molecular flexibility index (Phi) is 4.57. The average Bonchev–Trinajstić information content (AvgIpc) is 3.07. The lowest BCUT2D eigenvalue weighted by atomic mass is 10.1. The molecule has 3 heterocycles. The Hall–Kier alpha value is -1.29. The van der Waals surface area contributed by atoms with Crippen LogP contribution in [0.4, 0.5) is 0 Å². The molecular weight excluding hydrogens is 324 g/mol. The number of hydrogen-bond acceptors (Lipinski definition) is 7. The van der Waals surface area contributed by atoms with Crippen LogP contribution in [0, 0.1) is 0 Å². The molecule has 1 saturated heterocycles. The molecule has 0 aromatic carbocycles. The van der Waals surface area contributed by atoms with Crippen molar-refractivity contribution in [3.63, 3.8) is 0 Å². The number of aromatic nitrogens is 2. The van der Waals surface area contributed by atoms with Gasteiger partial charge in [0.2, 0.25) is 10.0 Å². The van der Waals surface area contributed by atoms with Gasteiger partial charge >= 0.3 is 0 Å². The number of hydrogen-bond donors (Lipinski definition) is 1. The van der Waals surface area contributed by atoms with Gasteiger partial charge < -0.3 is 4.52 Å². The summed E-state index contributed by atoms with van der Waals surface area (Å²) in [4.78, 5) is 7.50. The molecule has 120 valence electrons. The molecule has 0 radical (unpaired) electrons. The zero-order valence-electron chi connectivity index (χ0n) is 12.2. The van der Waals surface area contributed by atoms with Crippen LogP contribution < -0.4 is 4.72 Å². The van der Waals surface area contributed by atoms with Gasteiger partial charge in [-0.05, 0) is 30.8 Å². The van der Waals surface area contributed by atoms with Crippen LogP contribution in [0.15, 0.2) is 22.0 Å². The molecule has 2 aromatic heterocycles. The smallest absolute Gasteiger partial charge is 0.268 e. The number of piperidine rings is 1. The first kappa shape index (κ1) is 15.6. The van der Waals surface area contributed by atoms with E-state index >= 15 is 0 Å². The van der Waals surface area contributed by atoms with Crippen molar-refractivity contribution in [3.8, 4) is 10.8 Å². The fourth-order valence-corrected chi connectivity index (χ4v) is 4.06. The van der Waals surface area contributed by atoms with Gasteiger partial charge in [0, 0.05) is 12.6 Å². The zero-order chi connectivity index (χ0) is 15.6. The van der Waals surface area contributed by atoms with Crippen molar-refractivity contribution in [1.29, 1.82) is 0 Å². The van der Waals surface area contributed by atoms with Gasteiger partial charge in [-0.2, -0.15) is 4.98 Å². The largest absolute Gasteiger partial charge is 0.333 e. The van der Waals surface area contributed by atoms with Gasteiger partial charge in [-0.15, -0.1) is 11.3 Å². The third-order valence-corrected chi connectivity index (χ3v) is 5.07. The second-order valence-corrected chi connectivity index (χ2v) is 8.19. The first-order chi connectivity index (χ1) is 10.5.